The van der Waals surface area contributed by atoms with Crippen molar-refractivity contribution in [3.63, 3.8) is 0 Å². The highest BCUT2D eigenvalue weighted by atomic mass is 19.1. The Morgan fingerprint density at radius 1 is 1.17 bits per heavy atom. The average molecular weight is 392 g/mol. The fraction of sp³-hybridized carbons (Fsp3) is 0.0952. The Morgan fingerprint density at radius 3 is 2.86 bits per heavy atom. The van der Waals surface area contributed by atoms with E-state index in [2.05, 4.69) is 20.5 Å². The second-order valence-electron chi connectivity index (χ2n) is 6.26. The number of methoxy groups -OCH3 is 1. The Kier molecular flexibility index (Phi) is 5.07. The molecule has 0 aliphatic rings. The Balaban J connectivity index is 1.55. The van der Waals surface area contributed by atoms with Crippen molar-refractivity contribution in [1.29, 1.82) is 0 Å². The third-order valence-electron chi connectivity index (χ3n) is 4.28. The summed E-state index contributed by atoms with van der Waals surface area (Å²) in [5.74, 6) is 0.912. The van der Waals surface area contributed by atoms with Gasteiger partial charge in [0.25, 0.3) is 0 Å². The molecule has 7 nitrogen and oxygen atoms in total. The largest absolute Gasteiger partial charge is 0.496 e. The number of nitrogens with zero attached hydrogens (tertiary/aromatic N) is 2. The second-order valence-corrected chi connectivity index (χ2v) is 6.26. The molecule has 0 radical (unpaired) electrons. The fourth-order valence-electron chi connectivity index (χ4n) is 2.94. The van der Waals surface area contributed by atoms with Crippen molar-refractivity contribution < 1.29 is 18.7 Å². The van der Waals surface area contributed by atoms with Gasteiger partial charge in [-0.05, 0) is 30.3 Å². The molecule has 146 valence electrons. The van der Waals surface area contributed by atoms with Crippen LogP contribution in [0.1, 0.15) is 5.56 Å². The maximum atomic E-state index is 13.6. The van der Waals surface area contributed by atoms with Crippen molar-refractivity contribution in [2.24, 2.45) is 0 Å². The molecule has 2 N–H and O–H groups in total. The number of rotatable bonds is 6. The van der Waals surface area contributed by atoms with Crippen LogP contribution in [0.25, 0.3) is 10.9 Å². The summed E-state index contributed by atoms with van der Waals surface area (Å²) < 4.78 is 25.0. The normalized spacial score (nSPS) is 10.7. The summed E-state index contributed by atoms with van der Waals surface area (Å²) in [5.41, 5.74) is 1.92. The first-order valence-electron chi connectivity index (χ1n) is 8.80. The van der Waals surface area contributed by atoms with Crippen molar-refractivity contribution in [3.8, 4) is 17.2 Å². The van der Waals surface area contributed by atoms with Gasteiger partial charge in [0.2, 0.25) is 5.91 Å². The summed E-state index contributed by atoms with van der Waals surface area (Å²) in [6, 6.07) is 11.2. The zero-order chi connectivity index (χ0) is 20.2. The summed E-state index contributed by atoms with van der Waals surface area (Å²) in [6.45, 7) is 0. The first-order valence-corrected chi connectivity index (χ1v) is 8.80. The predicted octanol–water partition coefficient (Wildman–Crippen LogP) is 4.08. The fourth-order valence-corrected chi connectivity index (χ4v) is 2.94. The van der Waals surface area contributed by atoms with E-state index >= 15 is 0 Å². The lowest BCUT2D eigenvalue weighted by molar-refractivity contribution is -0.115. The third kappa shape index (κ3) is 4.16. The Morgan fingerprint density at radius 2 is 2.07 bits per heavy atom. The highest BCUT2D eigenvalue weighted by Crippen LogP contribution is 2.32. The number of carbonyl (C=O) groups excluding carboxylic acids is 1. The predicted molar refractivity (Wildman–Crippen MR) is 106 cm³/mol. The molecule has 0 aliphatic heterocycles. The number of carbonyl (C=O) groups is 1. The van der Waals surface area contributed by atoms with E-state index < -0.39 is 0 Å². The van der Waals surface area contributed by atoms with Crippen LogP contribution in [-0.2, 0) is 11.2 Å². The Bertz CT molecular complexity index is 1160. The molecule has 0 unspecified atom stereocenters. The standard InChI is InChI=1S/C21H17FN4O3/c1-28-20-10-16(4-2-13(20)8-21(27)26-15-11-24-25-12-15)29-19-6-7-23-18-5-3-14(22)9-17(18)19/h2-7,9-12H,8H2,1H3,(H,24,25)(H,26,27). The third-order valence-corrected chi connectivity index (χ3v) is 4.28. The molecule has 0 saturated carbocycles. The van der Waals surface area contributed by atoms with Gasteiger partial charge in [0.05, 0.1) is 30.9 Å². The summed E-state index contributed by atoms with van der Waals surface area (Å²) in [6.07, 6.45) is 4.83. The van der Waals surface area contributed by atoms with Gasteiger partial charge >= 0.3 is 0 Å². The number of ether oxygens (including phenoxy) is 2. The molecule has 2 aromatic carbocycles. The summed E-state index contributed by atoms with van der Waals surface area (Å²) in [7, 11) is 1.52. The van der Waals surface area contributed by atoms with Gasteiger partial charge in [-0.15, -0.1) is 0 Å². The van der Waals surface area contributed by atoms with Crippen LogP contribution in [0.2, 0.25) is 0 Å². The van der Waals surface area contributed by atoms with Crippen molar-refractivity contribution in [2.45, 2.75) is 6.42 Å². The van der Waals surface area contributed by atoms with Gasteiger partial charge in [-0.2, -0.15) is 5.10 Å². The molecule has 4 rings (SSSR count). The van der Waals surface area contributed by atoms with Gasteiger partial charge in [0.1, 0.15) is 23.1 Å². The molecule has 0 aliphatic carbocycles. The van der Waals surface area contributed by atoms with E-state index in [1.165, 1.54) is 25.4 Å². The number of pyridine rings is 1. The molecule has 2 aromatic heterocycles. The smallest absolute Gasteiger partial charge is 0.229 e. The van der Waals surface area contributed by atoms with E-state index in [4.69, 9.17) is 9.47 Å². The quantitative estimate of drug-likeness (QED) is 0.516. The first-order chi connectivity index (χ1) is 14.1. The lowest BCUT2D eigenvalue weighted by Gasteiger charge is -2.13. The van der Waals surface area contributed by atoms with E-state index in [-0.39, 0.29) is 18.1 Å². The monoisotopic (exact) mass is 392 g/mol. The minimum absolute atomic E-state index is 0.123. The number of hydrogen-bond acceptors (Lipinski definition) is 5. The van der Waals surface area contributed by atoms with Crippen LogP contribution in [0.4, 0.5) is 10.1 Å². The SMILES string of the molecule is COc1cc(Oc2ccnc3ccc(F)cc23)ccc1CC(=O)Nc1cn[nH]c1. The van der Waals surface area contributed by atoms with Gasteiger partial charge in [-0.25, -0.2) is 4.39 Å². The molecule has 0 saturated heterocycles. The minimum Gasteiger partial charge on any atom is -0.496 e. The van der Waals surface area contributed by atoms with E-state index in [1.54, 1.807) is 42.7 Å². The maximum absolute atomic E-state index is 13.6. The Hall–Kier alpha value is -3.94. The van der Waals surface area contributed by atoms with Crippen LogP contribution in [0.3, 0.4) is 0 Å². The van der Waals surface area contributed by atoms with Crippen LogP contribution in [0, 0.1) is 5.82 Å². The number of halogens is 1. The van der Waals surface area contributed by atoms with Crippen LogP contribution < -0.4 is 14.8 Å². The van der Waals surface area contributed by atoms with Crippen LogP contribution in [0.15, 0.2) is 61.1 Å². The lowest BCUT2D eigenvalue weighted by Crippen LogP contribution is -2.14. The zero-order valence-electron chi connectivity index (χ0n) is 15.5. The number of nitrogens with one attached hydrogen (secondary N) is 2. The van der Waals surface area contributed by atoms with Gasteiger partial charge in [-0.3, -0.25) is 14.9 Å². The highest BCUT2D eigenvalue weighted by molar-refractivity contribution is 5.92. The molecule has 0 atom stereocenters. The van der Waals surface area contributed by atoms with Gasteiger partial charge < -0.3 is 14.8 Å². The van der Waals surface area contributed by atoms with Gasteiger partial charge in [0.15, 0.2) is 0 Å². The molecular formula is C21H17FN4O3. The number of H-pyrrole nitrogens is 1. The molecule has 4 aromatic rings. The molecule has 0 spiro atoms. The van der Waals surface area contributed by atoms with Gasteiger partial charge in [0, 0.05) is 29.4 Å². The van der Waals surface area contributed by atoms with Crippen molar-refractivity contribution in [1.82, 2.24) is 15.2 Å². The van der Waals surface area contributed by atoms with E-state index in [0.29, 0.717) is 39.4 Å². The maximum Gasteiger partial charge on any atom is 0.229 e. The number of hydrogen-bond donors (Lipinski definition) is 2. The first kappa shape index (κ1) is 18.4. The minimum atomic E-state index is -0.369. The molecular weight excluding hydrogens is 375 g/mol. The van der Waals surface area contributed by atoms with E-state index in [0.717, 1.165) is 0 Å². The zero-order valence-corrected chi connectivity index (χ0v) is 15.5. The van der Waals surface area contributed by atoms with Gasteiger partial charge in [-0.1, -0.05) is 6.07 Å². The number of fused-ring (bicyclic) bond motifs is 1. The van der Waals surface area contributed by atoms with Crippen molar-refractivity contribution >= 4 is 22.5 Å². The number of amides is 1. The number of aromatic nitrogens is 3. The van der Waals surface area contributed by atoms with E-state index in [1.807, 2.05) is 0 Å². The molecule has 0 bridgehead atoms. The second kappa shape index (κ2) is 7.97. The Labute approximate surface area is 165 Å². The topological polar surface area (TPSA) is 89.1 Å². The summed E-state index contributed by atoms with van der Waals surface area (Å²) in [4.78, 5) is 16.4. The summed E-state index contributed by atoms with van der Waals surface area (Å²) >= 11 is 0. The summed E-state index contributed by atoms with van der Waals surface area (Å²) in [5, 5.41) is 9.72. The van der Waals surface area contributed by atoms with Crippen LogP contribution in [0.5, 0.6) is 17.2 Å². The molecule has 1 amide bonds. The highest BCUT2D eigenvalue weighted by Gasteiger charge is 2.12. The lowest BCUT2D eigenvalue weighted by atomic mass is 10.1. The molecule has 8 heteroatoms. The number of aromatic amines is 1. The average Bonchev–Trinajstić information content (AvgIpc) is 3.22. The molecule has 0 fully saturated rings. The molecule has 29 heavy (non-hydrogen) atoms. The number of anilines is 1. The molecule has 2 heterocycles. The van der Waals surface area contributed by atoms with Crippen molar-refractivity contribution in [3.05, 3.63) is 72.4 Å². The number of benzene rings is 2. The van der Waals surface area contributed by atoms with E-state index in [9.17, 15) is 9.18 Å². The van der Waals surface area contributed by atoms with Crippen LogP contribution >= 0.6 is 0 Å². The van der Waals surface area contributed by atoms with Crippen LogP contribution in [-0.4, -0.2) is 28.2 Å². The van der Waals surface area contributed by atoms with Crippen molar-refractivity contribution in [2.75, 3.05) is 12.4 Å².